The summed E-state index contributed by atoms with van der Waals surface area (Å²) in [5.74, 6) is 0. The van der Waals surface area contributed by atoms with E-state index in [2.05, 4.69) is 254 Å². The Morgan fingerprint density at radius 1 is 0.338 bits per heavy atom. The monoisotopic (exact) mass is 885 g/mol. The number of nitrogens with zero attached hydrogens (tertiary/aromatic N) is 1. The first-order valence-corrected chi connectivity index (χ1v) is 24.1. The molecule has 0 N–H and O–H groups in total. The van der Waals surface area contributed by atoms with Crippen molar-refractivity contribution in [2.45, 2.75) is 5.41 Å². The van der Waals surface area contributed by atoms with E-state index in [9.17, 15) is 0 Å². The highest BCUT2D eigenvalue weighted by atomic mass is 32.1. The fraction of sp³-hybridized carbons (Fsp3) is 0.0154. The average Bonchev–Trinajstić information content (AvgIpc) is 4.08. The quantitative estimate of drug-likeness (QED) is 0.144. The number of furan rings is 1. The predicted octanol–water partition coefficient (Wildman–Crippen LogP) is 18.1. The van der Waals surface area contributed by atoms with Gasteiger partial charge in [-0.05, 0) is 110 Å². The maximum absolute atomic E-state index is 6.32. The third kappa shape index (κ3) is 6.46. The third-order valence-electron chi connectivity index (χ3n) is 13.8. The van der Waals surface area contributed by atoms with E-state index in [0.29, 0.717) is 0 Å². The number of benzene rings is 10. The molecule has 0 aliphatic heterocycles. The number of anilines is 3. The molecule has 0 radical (unpaired) electrons. The Balaban J connectivity index is 1.03. The molecular weight excluding hydrogens is 843 g/mol. The first-order chi connectivity index (χ1) is 33.7. The summed E-state index contributed by atoms with van der Waals surface area (Å²) in [7, 11) is 0. The summed E-state index contributed by atoms with van der Waals surface area (Å²) in [6, 6.07) is 94.9. The molecule has 1 aliphatic rings. The van der Waals surface area contributed by atoms with Crippen LogP contribution in [0.2, 0.25) is 0 Å². The SMILES string of the molecule is c1ccc(-c2ccc(N(c3ccc(-c4ccc5c(c4)oc4ccccc45)cc3)c3ccc4c(c3)C(c3ccccc3)(c3ccccc3)c3sc(-c5ccccc5)c(-c5ccccc5)c3-4)cc2)cc1. The van der Waals surface area contributed by atoms with Gasteiger partial charge in [0.15, 0.2) is 0 Å². The van der Waals surface area contributed by atoms with E-state index in [1.807, 2.05) is 23.5 Å². The summed E-state index contributed by atoms with van der Waals surface area (Å²) < 4.78 is 6.32. The van der Waals surface area contributed by atoms with E-state index in [4.69, 9.17) is 4.42 Å². The molecule has 0 atom stereocenters. The molecule has 0 saturated carbocycles. The molecule has 12 aromatic rings. The largest absolute Gasteiger partial charge is 0.456 e. The van der Waals surface area contributed by atoms with Gasteiger partial charge in [-0.1, -0.05) is 206 Å². The highest BCUT2D eigenvalue weighted by Crippen LogP contribution is 2.64. The molecule has 2 nitrogen and oxygen atoms in total. The van der Waals surface area contributed by atoms with Gasteiger partial charge in [-0.25, -0.2) is 0 Å². The van der Waals surface area contributed by atoms with Crippen molar-refractivity contribution in [1.29, 1.82) is 0 Å². The first kappa shape index (κ1) is 39.8. The smallest absolute Gasteiger partial charge is 0.136 e. The van der Waals surface area contributed by atoms with Crippen LogP contribution in [0.4, 0.5) is 17.1 Å². The molecular formula is C65H43NOS. The molecule has 0 fully saturated rings. The average molecular weight is 886 g/mol. The van der Waals surface area contributed by atoms with E-state index in [1.165, 1.54) is 65.4 Å². The van der Waals surface area contributed by atoms with Crippen LogP contribution in [-0.2, 0) is 5.41 Å². The predicted molar refractivity (Wildman–Crippen MR) is 285 cm³/mol. The molecule has 0 bridgehead atoms. The first-order valence-electron chi connectivity index (χ1n) is 23.2. The summed E-state index contributed by atoms with van der Waals surface area (Å²) in [6.45, 7) is 0. The van der Waals surface area contributed by atoms with Crippen molar-refractivity contribution in [2.24, 2.45) is 0 Å². The fourth-order valence-electron chi connectivity index (χ4n) is 10.7. The highest BCUT2D eigenvalue weighted by Gasteiger charge is 2.49. The topological polar surface area (TPSA) is 16.4 Å². The Morgan fingerprint density at radius 3 is 1.43 bits per heavy atom. The molecule has 2 aromatic heterocycles. The van der Waals surface area contributed by atoms with Crippen LogP contribution in [-0.4, -0.2) is 0 Å². The zero-order valence-corrected chi connectivity index (χ0v) is 37.9. The summed E-state index contributed by atoms with van der Waals surface area (Å²) in [5.41, 5.74) is 19.1. The minimum Gasteiger partial charge on any atom is -0.456 e. The standard InChI is InChI=1S/C65H43NOS/c1-6-18-44(19-7-1)45-30-35-52(36-31-45)66(53-37-32-46(33-38-53)49-34-40-56-55-28-16-17-29-59(55)67-60(56)42-49)54-39-41-57-58(43-54)65(50-24-12-4-13-25-50,51-26-14-5-15-27-51)64-62(57)61(47-20-8-2-9-21-47)63(68-64)48-22-10-3-11-23-48/h1-43H. The van der Waals surface area contributed by atoms with Gasteiger partial charge in [0, 0.05) is 48.7 Å². The van der Waals surface area contributed by atoms with E-state index in [0.717, 1.165) is 50.1 Å². The van der Waals surface area contributed by atoms with Crippen LogP contribution in [0, 0.1) is 0 Å². The van der Waals surface area contributed by atoms with Crippen molar-refractivity contribution in [3.63, 3.8) is 0 Å². The number of para-hydroxylation sites is 1. The van der Waals surface area contributed by atoms with Crippen LogP contribution in [0.1, 0.15) is 21.6 Å². The maximum Gasteiger partial charge on any atom is 0.136 e. The minimum absolute atomic E-state index is 0.605. The number of hydrogen-bond donors (Lipinski definition) is 0. The van der Waals surface area contributed by atoms with Crippen LogP contribution in [0.25, 0.3) is 76.9 Å². The zero-order chi connectivity index (χ0) is 45.0. The Hall–Kier alpha value is -8.50. The van der Waals surface area contributed by atoms with Crippen LogP contribution in [0.5, 0.6) is 0 Å². The second-order valence-electron chi connectivity index (χ2n) is 17.6. The van der Waals surface area contributed by atoms with Gasteiger partial charge < -0.3 is 9.32 Å². The molecule has 68 heavy (non-hydrogen) atoms. The molecule has 13 rings (SSSR count). The van der Waals surface area contributed by atoms with Crippen molar-refractivity contribution >= 4 is 50.3 Å². The molecule has 0 unspecified atom stereocenters. The molecule has 2 heterocycles. The van der Waals surface area contributed by atoms with Crippen LogP contribution in [0.15, 0.2) is 265 Å². The zero-order valence-electron chi connectivity index (χ0n) is 37.1. The summed E-state index contributed by atoms with van der Waals surface area (Å²) in [4.78, 5) is 5.04. The second-order valence-corrected chi connectivity index (χ2v) is 18.6. The van der Waals surface area contributed by atoms with Gasteiger partial charge in [-0.3, -0.25) is 0 Å². The van der Waals surface area contributed by atoms with Crippen molar-refractivity contribution < 1.29 is 4.42 Å². The van der Waals surface area contributed by atoms with Gasteiger partial charge in [0.25, 0.3) is 0 Å². The molecule has 0 amide bonds. The maximum atomic E-state index is 6.32. The van der Waals surface area contributed by atoms with Crippen LogP contribution >= 0.6 is 11.3 Å². The third-order valence-corrected chi connectivity index (χ3v) is 15.1. The summed E-state index contributed by atoms with van der Waals surface area (Å²) >= 11 is 1.94. The Labute approximate surface area is 400 Å². The summed E-state index contributed by atoms with van der Waals surface area (Å²) in [6.07, 6.45) is 0. The van der Waals surface area contributed by atoms with E-state index in [-0.39, 0.29) is 0 Å². The van der Waals surface area contributed by atoms with Crippen molar-refractivity contribution in [1.82, 2.24) is 0 Å². The lowest BCUT2D eigenvalue weighted by atomic mass is 9.70. The van der Waals surface area contributed by atoms with Gasteiger partial charge in [0.2, 0.25) is 0 Å². The Bertz CT molecular complexity index is 3710. The molecule has 3 heteroatoms. The number of rotatable bonds is 9. The van der Waals surface area contributed by atoms with Crippen molar-refractivity contribution in [3.05, 3.63) is 282 Å². The van der Waals surface area contributed by atoms with Gasteiger partial charge >= 0.3 is 0 Å². The number of hydrogen-bond acceptors (Lipinski definition) is 3. The summed E-state index contributed by atoms with van der Waals surface area (Å²) in [5, 5.41) is 2.27. The second kappa shape index (κ2) is 16.4. The Kier molecular flexibility index (Phi) is 9.62. The van der Waals surface area contributed by atoms with Crippen LogP contribution < -0.4 is 4.90 Å². The number of fused-ring (bicyclic) bond motifs is 6. The van der Waals surface area contributed by atoms with Gasteiger partial charge in [-0.15, -0.1) is 11.3 Å². The lowest BCUT2D eigenvalue weighted by Crippen LogP contribution is -2.28. The van der Waals surface area contributed by atoms with E-state index < -0.39 is 5.41 Å². The van der Waals surface area contributed by atoms with E-state index in [1.54, 1.807) is 0 Å². The molecule has 0 spiro atoms. The van der Waals surface area contributed by atoms with E-state index >= 15 is 0 Å². The van der Waals surface area contributed by atoms with Gasteiger partial charge in [-0.2, -0.15) is 0 Å². The number of thiophene rings is 1. The lowest BCUT2D eigenvalue weighted by Gasteiger charge is -2.34. The van der Waals surface area contributed by atoms with Crippen molar-refractivity contribution in [2.75, 3.05) is 4.90 Å². The van der Waals surface area contributed by atoms with Crippen LogP contribution in [0.3, 0.4) is 0 Å². The van der Waals surface area contributed by atoms with Gasteiger partial charge in [0.05, 0.1) is 5.41 Å². The van der Waals surface area contributed by atoms with Crippen molar-refractivity contribution in [3.8, 4) is 54.9 Å². The lowest BCUT2D eigenvalue weighted by molar-refractivity contribution is 0.669. The molecule has 10 aromatic carbocycles. The Morgan fingerprint density at radius 2 is 0.809 bits per heavy atom. The molecule has 0 saturated heterocycles. The fourth-order valence-corrected chi connectivity index (χ4v) is 12.2. The molecule has 320 valence electrons. The normalized spacial score (nSPS) is 12.5. The van der Waals surface area contributed by atoms with Gasteiger partial charge in [0.1, 0.15) is 11.2 Å². The highest BCUT2D eigenvalue weighted by molar-refractivity contribution is 7.17. The molecule has 1 aliphatic carbocycles. The minimum atomic E-state index is -0.605.